The van der Waals surface area contributed by atoms with E-state index in [2.05, 4.69) is 4.98 Å². The first-order valence-electron chi connectivity index (χ1n) is 10.6. The van der Waals surface area contributed by atoms with Gasteiger partial charge in [-0.2, -0.15) is 0 Å². The maximum atomic E-state index is 14.4. The normalized spacial score (nSPS) is 17.9. The van der Waals surface area contributed by atoms with E-state index >= 15 is 0 Å². The molecule has 1 aliphatic heterocycles. The van der Waals surface area contributed by atoms with Crippen molar-refractivity contribution < 1.29 is 28.2 Å². The van der Waals surface area contributed by atoms with Crippen molar-refractivity contribution >= 4 is 17.4 Å². The Labute approximate surface area is 180 Å². The molecule has 1 unspecified atom stereocenters. The molecule has 1 aromatic heterocycles. The van der Waals surface area contributed by atoms with E-state index in [9.17, 15) is 14.0 Å². The van der Waals surface area contributed by atoms with Crippen LogP contribution in [0.1, 0.15) is 42.1 Å². The Bertz CT molecular complexity index is 963. The Morgan fingerprint density at radius 1 is 1.19 bits per heavy atom. The number of pyridine rings is 1. The fourth-order valence-electron chi connectivity index (χ4n) is 3.84. The first-order chi connectivity index (χ1) is 15.1. The summed E-state index contributed by atoms with van der Waals surface area (Å²) < 4.78 is 31.0. The van der Waals surface area contributed by atoms with Gasteiger partial charge in [0.1, 0.15) is 11.6 Å². The van der Waals surface area contributed by atoms with E-state index in [0.717, 1.165) is 6.42 Å². The molecule has 1 aliphatic carbocycles. The van der Waals surface area contributed by atoms with Gasteiger partial charge in [0.05, 0.1) is 12.8 Å². The number of ether oxygens (including phenoxy) is 3. The molecular formula is C23H25FN2O5. The van der Waals surface area contributed by atoms with Crippen LogP contribution in [0.3, 0.4) is 0 Å². The highest BCUT2D eigenvalue weighted by atomic mass is 19.1. The van der Waals surface area contributed by atoms with Gasteiger partial charge in [-0.3, -0.25) is 9.59 Å². The number of rotatable bonds is 9. The molecule has 31 heavy (non-hydrogen) atoms. The highest BCUT2D eigenvalue weighted by molar-refractivity contribution is 6.04. The molecule has 0 saturated carbocycles. The van der Waals surface area contributed by atoms with Crippen molar-refractivity contribution in [1.29, 1.82) is 0 Å². The van der Waals surface area contributed by atoms with Crippen LogP contribution in [0, 0.1) is 5.82 Å². The van der Waals surface area contributed by atoms with Gasteiger partial charge in [-0.1, -0.05) is 0 Å². The molecular weight excluding hydrogens is 403 g/mol. The molecule has 2 aromatic rings. The number of carbonyl (C=O) groups is 2. The van der Waals surface area contributed by atoms with Crippen molar-refractivity contribution in [3.8, 4) is 11.6 Å². The zero-order valence-corrected chi connectivity index (χ0v) is 17.4. The number of amides is 1. The number of hydrogen-bond donors (Lipinski definition) is 0. The minimum Gasteiger partial charge on any atom is -0.479 e. The van der Waals surface area contributed by atoms with Crippen molar-refractivity contribution in [2.75, 3.05) is 31.3 Å². The molecule has 4 rings (SSSR count). The monoisotopic (exact) mass is 428 g/mol. The van der Waals surface area contributed by atoms with E-state index in [1.807, 2.05) is 6.92 Å². The summed E-state index contributed by atoms with van der Waals surface area (Å²) in [6.45, 7) is 4.16. The van der Waals surface area contributed by atoms with Crippen LogP contribution in [0.4, 0.5) is 10.1 Å². The molecule has 0 bridgehead atoms. The second-order valence-corrected chi connectivity index (χ2v) is 7.49. The van der Waals surface area contributed by atoms with Gasteiger partial charge in [-0.25, -0.2) is 9.37 Å². The van der Waals surface area contributed by atoms with Crippen molar-refractivity contribution in [3.05, 3.63) is 47.4 Å². The smallest absolute Gasteiger partial charge is 0.268 e. The van der Waals surface area contributed by atoms with E-state index in [4.69, 9.17) is 14.2 Å². The van der Waals surface area contributed by atoms with Crippen LogP contribution in [0.25, 0.3) is 0 Å². The molecule has 2 aliphatic rings. The quantitative estimate of drug-likeness (QED) is 0.570. The Balaban J connectivity index is 1.35. The van der Waals surface area contributed by atoms with E-state index in [0.29, 0.717) is 74.1 Å². The van der Waals surface area contributed by atoms with Gasteiger partial charge in [-0.05, 0) is 37.1 Å². The number of benzene rings is 1. The van der Waals surface area contributed by atoms with Crippen LogP contribution in [0.15, 0.2) is 30.5 Å². The standard InChI is InChI=1S/C23H25FN2O5/c1-2-29-10-3-11-30-22-7-4-16(14-25-22)31-21-8-9-26(23(21)28)15-12-18-17(19(24)13-15)5-6-20(18)27/h4,7,12-14,21H,2-3,5-6,8-11H2,1H3. The van der Waals surface area contributed by atoms with Gasteiger partial charge in [0.2, 0.25) is 5.88 Å². The molecule has 8 heteroatoms. The lowest BCUT2D eigenvalue weighted by molar-refractivity contribution is -0.122. The van der Waals surface area contributed by atoms with Crippen molar-refractivity contribution in [3.63, 3.8) is 0 Å². The molecule has 0 radical (unpaired) electrons. The van der Waals surface area contributed by atoms with Gasteiger partial charge >= 0.3 is 0 Å². The predicted molar refractivity (Wildman–Crippen MR) is 111 cm³/mol. The maximum Gasteiger partial charge on any atom is 0.268 e. The minimum absolute atomic E-state index is 0.0820. The lowest BCUT2D eigenvalue weighted by atomic mass is 10.1. The summed E-state index contributed by atoms with van der Waals surface area (Å²) in [6.07, 6.45) is 2.79. The third-order valence-electron chi connectivity index (χ3n) is 5.43. The summed E-state index contributed by atoms with van der Waals surface area (Å²) in [5, 5.41) is 0. The summed E-state index contributed by atoms with van der Waals surface area (Å²) in [5.41, 5.74) is 1.23. The number of nitrogens with zero attached hydrogens (tertiary/aromatic N) is 2. The van der Waals surface area contributed by atoms with Crippen LogP contribution in [-0.4, -0.2) is 49.1 Å². The highest BCUT2D eigenvalue weighted by Gasteiger charge is 2.36. The molecule has 164 valence electrons. The second kappa shape index (κ2) is 9.43. The summed E-state index contributed by atoms with van der Waals surface area (Å²) in [7, 11) is 0. The summed E-state index contributed by atoms with van der Waals surface area (Å²) in [5.74, 6) is 0.151. The third kappa shape index (κ3) is 4.69. The average Bonchev–Trinajstić information content (AvgIpc) is 3.32. The van der Waals surface area contributed by atoms with Gasteiger partial charge in [0.15, 0.2) is 11.9 Å². The molecule has 7 nitrogen and oxygen atoms in total. The van der Waals surface area contributed by atoms with Crippen LogP contribution >= 0.6 is 0 Å². The average molecular weight is 428 g/mol. The topological polar surface area (TPSA) is 78.0 Å². The fraction of sp³-hybridized carbons (Fsp3) is 0.435. The molecule has 1 aromatic carbocycles. The second-order valence-electron chi connectivity index (χ2n) is 7.49. The van der Waals surface area contributed by atoms with E-state index in [1.165, 1.54) is 17.2 Å². The van der Waals surface area contributed by atoms with Crippen LogP contribution in [0.2, 0.25) is 0 Å². The summed E-state index contributed by atoms with van der Waals surface area (Å²) in [4.78, 5) is 30.5. The lowest BCUT2D eigenvalue weighted by Crippen LogP contribution is -2.32. The van der Waals surface area contributed by atoms with Gasteiger partial charge in [0, 0.05) is 56.3 Å². The Kier molecular flexibility index (Phi) is 6.46. The van der Waals surface area contributed by atoms with Crippen LogP contribution in [0.5, 0.6) is 11.6 Å². The number of halogens is 1. The lowest BCUT2D eigenvalue weighted by Gasteiger charge is -2.18. The summed E-state index contributed by atoms with van der Waals surface area (Å²) in [6, 6.07) is 6.34. The van der Waals surface area contributed by atoms with Crippen LogP contribution < -0.4 is 14.4 Å². The zero-order chi connectivity index (χ0) is 21.8. The SMILES string of the molecule is CCOCCCOc1ccc(OC2CCN(c3cc(F)c4c(c3)C(=O)CC4)C2=O)cn1. The highest BCUT2D eigenvalue weighted by Crippen LogP contribution is 2.32. The molecule has 0 spiro atoms. The molecule has 0 N–H and O–H groups in total. The van der Waals surface area contributed by atoms with Gasteiger partial charge < -0.3 is 19.1 Å². The third-order valence-corrected chi connectivity index (χ3v) is 5.43. The minimum atomic E-state index is -0.688. The Hall–Kier alpha value is -3.00. The Morgan fingerprint density at radius 2 is 2.06 bits per heavy atom. The fourth-order valence-corrected chi connectivity index (χ4v) is 3.84. The van der Waals surface area contributed by atoms with Gasteiger partial charge in [0.25, 0.3) is 5.91 Å². The van der Waals surface area contributed by atoms with Crippen molar-refractivity contribution in [2.24, 2.45) is 0 Å². The van der Waals surface area contributed by atoms with E-state index < -0.39 is 11.9 Å². The number of ketones is 1. The first kappa shape index (κ1) is 21.2. The molecule has 1 amide bonds. The molecule has 1 atom stereocenters. The molecule has 2 heterocycles. The number of Topliss-reactive ketones (excluding diaryl/α,β-unsaturated/α-hetero) is 1. The predicted octanol–water partition coefficient (Wildman–Crippen LogP) is 3.34. The summed E-state index contributed by atoms with van der Waals surface area (Å²) >= 11 is 0. The van der Waals surface area contributed by atoms with E-state index in [1.54, 1.807) is 18.2 Å². The zero-order valence-electron chi connectivity index (χ0n) is 17.4. The Morgan fingerprint density at radius 3 is 2.84 bits per heavy atom. The largest absolute Gasteiger partial charge is 0.479 e. The molecule has 1 fully saturated rings. The number of aromatic nitrogens is 1. The van der Waals surface area contributed by atoms with Crippen LogP contribution in [-0.2, 0) is 16.0 Å². The maximum absolute atomic E-state index is 14.4. The number of hydrogen-bond acceptors (Lipinski definition) is 6. The van der Waals surface area contributed by atoms with Gasteiger partial charge in [-0.15, -0.1) is 0 Å². The number of fused-ring (bicyclic) bond motifs is 1. The first-order valence-corrected chi connectivity index (χ1v) is 10.6. The van der Waals surface area contributed by atoms with E-state index in [-0.39, 0.29) is 11.7 Å². The van der Waals surface area contributed by atoms with Crippen molar-refractivity contribution in [2.45, 2.75) is 38.7 Å². The number of anilines is 1. The number of carbonyl (C=O) groups excluding carboxylic acids is 2. The molecule has 1 saturated heterocycles. The van der Waals surface area contributed by atoms with Crippen molar-refractivity contribution in [1.82, 2.24) is 4.98 Å².